The molecule has 2 amide bonds. The fourth-order valence-corrected chi connectivity index (χ4v) is 3.22. The maximum Gasteiger partial charge on any atom is 0.322 e. The van der Waals surface area contributed by atoms with Crippen molar-refractivity contribution in [3.05, 3.63) is 24.3 Å². The van der Waals surface area contributed by atoms with Crippen LogP contribution >= 0.6 is 0 Å². The first kappa shape index (κ1) is 19.1. The van der Waals surface area contributed by atoms with Crippen molar-refractivity contribution in [2.75, 3.05) is 25.6 Å². The Morgan fingerprint density at radius 2 is 1.92 bits per heavy atom. The summed E-state index contributed by atoms with van der Waals surface area (Å²) >= 11 is 0. The van der Waals surface area contributed by atoms with Crippen molar-refractivity contribution in [2.45, 2.75) is 51.5 Å². The molecule has 0 unspecified atom stereocenters. The molecule has 1 N–H and O–H groups in total. The lowest BCUT2D eigenvalue weighted by molar-refractivity contribution is -0.143. The van der Waals surface area contributed by atoms with Crippen molar-refractivity contribution in [1.82, 2.24) is 4.90 Å². The van der Waals surface area contributed by atoms with E-state index in [4.69, 9.17) is 9.47 Å². The van der Waals surface area contributed by atoms with E-state index in [9.17, 15) is 9.59 Å². The first-order valence-corrected chi connectivity index (χ1v) is 9.02. The highest BCUT2D eigenvalue weighted by atomic mass is 16.5. The van der Waals surface area contributed by atoms with Crippen LogP contribution < -0.4 is 10.1 Å². The number of para-hydroxylation sites is 2. The minimum Gasteiger partial charge on any atom is -0.495 e. The number of nitrogens with zero attached hydrogens (tertiary/aromatic N) is 1. The Bertz CT molecular complexity index is 570. The Balaban J connectivity index is 2.06. The summed E-state index contributed by atoms with van der Waals surface area (Å²) in [5.74, 6) is 0.346. The van der Waals surface area contributed by atoms with Gasteiger partial charge in [0.15, 0.2) is 0 Å². The van der Waals surface area contributed by atoms with Gasteiger partial charge in [-0.05, 0) is 31.9 Å². The van der Waals surface area contributed by atoms with Gasteiger partial charge in [0.2, 0.25) is 0 Å². The molecule has 0 radical (unpaired) electrons. The third-order valence-corrected chi connectivity index (χ3v) is 4.49. The number of ether oxygens (including phenoxy) is 2. The van der Waals surface area contributed by atoms with E-state index in [2.05, 4.69) is 5.32 Å². The summed E-state index contributed by atoms with van der Waals surface area (Å²) in [4.78, 5) is 26.3. The molecular weight excluding hydrogens is 320 g/mol. The average Bonchev–Trinajstić information content (AvgIpc) is 2.63. The lowest BCUT2D eigenvalue weighted by Crippen LogP contribution is -2.45. The molecule has 25 heavy (non-hydrogen) atoms. The Kier molecular flexibility index (Phi) is 7.57. The van der Waals surface area contributed by atoms with Crippen molar-refractivity contribution < 1.29 is 19.1 Å². The molecule has 0 spiro atoms. The van der Waals surface area contributed by atoms with E-state index in [1.165, 1.54) is 6.42 Å². The van der Waals surface area contributed by atoms with Crippen LogP contribution in [-0.2, 0) is 9.53 Å². The molecule has 6 heteroatoms. The third kappa shape index (κ3) is 5.66. The molecule has 1 saturated carbocycles. The Hall–Kier alpha value is -2.24. The quantitative estimate of drug-likeness (QED) is 0.761. The molecule has 0 bridgehead atoms. The van der Waals surface area contributed by atoms with Gasteiger partial charge in [-0.2, -0.15) is 0 Å². The van der Waals surface area contributed by atoms with E-state index >= 15 is 0 Å². The largest absolute Gasteiger partial charge is 0.495 e. The number of methoxy groups -OCH3 is 1. The topological polar surface area (TPSA) is 67.9 Å². The summed E-state index contributed by atoms with van der Waals surface area (Å²) in [5, 5.41) is 2.92. The summed E-state index contributed by atoms with van der Waals surface area (Å²) < 4.78 is 10.3. The molecule has 1 aliphatic carbocycles. The molecule has 1 aromatic carbocycles. The predicted molar refractivity (Wildman–Crippen MR) is 96.8 cm³/mol. The number of anilines is 1. The smallest absolute Gasteiger partial charge is 0.322 e. The van der Waals surface area contributed by atoms with Crippen LogP contribution in [0.1, 0.15) is 45.4 Å². The van der Waals surface area contributed by atoms with Gasteiger partial charge in [-0.1, -0.05) is 31.4 Å². The number of nitrogens with one attached hydrogen (secondary N) is 1. The van der Waals surface area contributed by atoms with E-state index in [-0.39, 0.29) is 24.5 Å². The normalized spacial score (nSPS) is 14.6. The standard InChI is InChI=1S/C19H28N2O4/c1-3-25-18(22)13-14-21(15-9-5-4-6-10-15)19(23)20-16-11-7-8-12-17(16)24-2/h7-8,11-12,15H,3-6,9-10,13-14H2,1-2H3,(H,20,23). The van der Waals surface area contributed by atoms with Crippen LogP contribution in [0.15, 0.2) is 24.3 Å². The number of urea groups is 1. The third-order valence-electron chi connectivity index (χ3n) is 4.49. The second kappa shape index (κ2) is 9.91. The monoisotopic (exact) mass is 348 g/mol. The first-order valence-electron chi connectivity index (χ1n) is 9.02. The van der Waals surface area contributed by atoms with Gasteiger partial charge in [-0.25, -0.2) is 4.79 Å². The van der Waals surface area contributed by atoms with Crippen molar-refractivity contribution in [3.8, 4) is 5.75 Å². The lowest BCUT2D eigenvalue weighted by Gasteiger charge is -2.34. The zero-order valence-corrected chi connectivity index (χ0v) is 15.1. The number of hydrogen-bond acceptors (Lipinski definition) is 4. The highest BCUT2D eigenvalue weighted by Crippen LogP contribution is 2.26. The summed E-state index contributed by atoms with van der Waals surface area (Å²) in [5.41, 5.74) is 0.631. The summed E-state index contributed by atoms with van der Waals surface area (Å²) in [6.45, 7) is 2.51. The first-order chi connectivity index (χ1) is 12.2. The number of rotatable bonds is 7. The fourth-order valence-electron chi connectivity index (χ4n) is 3.22. The van der Waals surface area contributed by atoms with E-state index < -0.39 is 0 Å². The van der Waals surface area contributed by atoms with Crippen LogP contribution in [0.3, 0.4) is 0 Å². The SMILES string of the molecule is CCOC(=O)CCN(C(=O)Nc1ccccc1OC)C1CCCCC1. The number of benzene rings is 1. The lowest BCUT2D eigenvalue weighted by atomic mass is 9.94. The average molecular weight is 348 g/mol. The fraction of sp³-hybridized carbons (Fsp3) is 0.579. The van der Waals surface area contributed by atoms with E-state index in [1.54, 1.807) is 31.1 Å². The van der Waals surface area contributed by atoms with E-state index in [0.717, 1.165) is 25.7 Å². The van der Waals surface area contributed by atoms with Crippen LogP contribution in [0.4, 0.5) is 10.5 Å². The zero-order chi connectivity index (χ0) is 18.1. The molecular formula is C19H28N2O4. The van der Waals surface area contributed by atoms with Crippen molar-refractivity contribution in [2.24, 2.45) is 0 Å². The van der Waals surface area contributed by atoms with E-state index in [1.807, 2.05) is 12.1 Å². The van der Waals surface area contributed by atoms with Crippen LogP contribution in [0.5, 0.6) is 5.75 Å². The second-order valence-electron chi connectivity index (χ2n) is 6.17. The molecule has 2 rings (SSSR count). The summed E-state index contributed by atoms with van der Waals surface area (Å²) in [6.07, 6.45) is 5.59. The number of amides is 2. The second-order valence-corrected chi connectivity index (χ2v) is 6.17. The van der Waals surface area contributed by atoms with Gasteiger partial charge in [0.25, 0.3) is 0 Å². The number of hydrogen-bond donors (Lipinski definition) is 1. The molecule has 0 atom stereocenters. The molecule has 0 saturated heterocycles. The van der Waals surface area contributed by atoms with E-state index in [0.29, 0.717) is 24.6 Å². The van der Waals surface area contributed by atoms with Crippen LogP contribution in [0.2, 0.25) is 0 Å². The zero-order valence-electron chi connectivity index (χ0n) is 15.1. The number of carbonyl (C=O) groups is 2. The molecule has 1 fully saturated rings. The molecule has 6 nitrogen and oxygen atoms in total. The molecule has 1 aromatic rings. The van der Waals surface area contributed by atoms with Gasteiger partial charge in [0, 0.05) is 12.6 Å². The van der Waals surface area contributed by atoms with Crippen molar-refractivity contribution in [1.29, 1.82) is 0 Å². The van der Waals surface area contributed by atoms with Crippen molar-refractivity contribution >= 4 is 17.7 Å². The van der Waals surface area contributed by atoms with Crippen LogP contribution in [0, 0.1) is 0 Å². The van der Waals surface area contributed by atoms with Gasteiger partial charge >= 0.3 is 12.0 Å². The molecule has 138 valence electrons. The van der Waals surface area contributed by atoms with Crippen molar-refractivity contribution in [3.63, 3.8) is 0 Å². The van der Waals surface area contributed by atoms with Crippen LogP contribution in [0.25, 0.3) is 0 Å². The van der Waals surface area contributed by atoms with Gasteiger partial charge in [-0.15, -0.1) is 0 Å². The number of carbonyl (C=O) groups excluding carboxylic acids is 2. The maximum absolute atomic E-state index is 12.9. The predicted octanol–water partition coefficient (Wildman–Crippen LogP) is 3.82. The van der Waals surface area contributed by atoms with Crippen LogP contribution in [-0.4, -0.2) is 43.2 Å². The molecule has 1 aliphatic rings. The summed E-state index contributed by atoms with van der Waals surface area (Å²) in [6, 6.07) is 7.29. The van der Waals surface area contributed by atoms with Gasteiger partial charge < -0.3 is 19.7 Å². The number of esters is 1. The Labute approximate surface area is 149 Å². The Morgan fingerprint density at radius 3 is 2.60 bits per heavy atom. The molecule has 0 aromatic heterocycles. The highest BCUT2D eigenvalue weighted by Gasteiger charge is 2.26. The van der Waals surface area contributed by atoms with Gasteiger partial charge in [-0.3, -0.25) is 4.79 Å². The minimum atomic E-state index is -0.270. The maximum atomic E-state index is 12.9. The molecule has 0 aliphatic heterocycles. The van der Waals surface area contributed by atoms with Gasteiger partial charge in [0.05, 0.1) is 25.8 Å². The highest BCUT2D eigenvalue weighted by molar-refractivity contribution is 5.91. The minimum absolute atomic E-state index is 0.165. The molecule has 0 heterocycles. The Morgan fingerprint density at radius 1 is 1.20 bits per heavy atom. The van der Waals surface area contributed by atoms with Gasteiger partial charge in [0.1, 0.15) is 5.75 Å². The summed E-state index contributed by atoms with van der Waals surface area (Å²) in [7, 11) is 1.57.